The summed E-state index contributed by atoms with van der Waals surface area (Å²) < 4.78 is 32.9. The lowest BCUT2D eigenvalue weighted by molar-refractivity contribution is -0.118. The molecule has 0 saturated carbocycles. The average Bonchev–Trinajstić information content (AvgIpc) is 2.66. The van der Waals surface area contributed by atoms with E-state index >= 15 is 0 Å². The number of anilines is 2. The lowest BCUT2D eigenvalue weighted by Gasteiger charge is -2.10. The van der Waals surface area contributed by atoms with Crippen molar-refractivity contribution in [2.75, 3.05) is 16.6 Å². The smallest absolute Gasteiger partial charge is 0.263 e. The van der Waals surface area contributed by atoms with Crippen LogP contribution in [0, 0.1) is 13.8 Å². The fourth-order valence-electron chi connectivity index (χ4n) is 2.55. The van der Waals surface area contributed by atoms with E-state index in [9.17, 15) is 13.2 Å². The topological polar surface area (TPSA) is 110 Å². The quantitative estimate of drug-likeness (QED) is 0.617. The van der Waals surface area contributed by atoms with Crippen LogP contribution in [-0.4, -0.2) is 30.9 Å². The van der Waals surface area contributed by atoms with E-state index in [0.717, 1.165) is 0 Å². The Labute approximate surface area is 169 Å². The van der Waals surface area contributed by atoms with Crippen molar-refractivity contribution in [3.63, 3.8) is 0 Å². The third-order valence-corrected chi connectivity index (χ3v) is 5.14. The number of nitrogens with zero attached hydrogens (tertiary/aromatic N) is 2. The lowest BCUT2D eigenvalue weighted by atomic mass is 10.3. The number of hydrogen-bond acceptors (Lipinski definition) is 6. The second kappa shape index (κ2) is 8.70. The van der Waals surface area contributed by atoms with E-state index in [0.29, 0.717) is 23.0 Å². The number of carbonyl (C=O) groups is 1. The van der Waals surface area contributed by atoms with Gasteiger partial charge >= 0.3 is 0 Å². The second-order valence-electron chi connectivity index (χ2n) is 6.22. The summed E-state index contributed by atoms with van der Waals surface area (Å²) in [5, 5.41) is 2.66. The van der Waals surface area contributed by atoms with Crippen LogP contribution in [0.3, 0.4) is 0 Å². The maximum absolute atomic E-state index is 12.5. The van der Waals surface area contributed by atoms with Crippen LogP contribution in [0.1, 0.15) is 11.5 Å². The van der Waals surface area contributed by atoms with Crippen LogP contribution in [0.5, 0.6) is 5.75 Å². The van der Waals surface area contributed by atoms with Crippen LogP contribution in [0.15, 0.2) is 65.6 Å². The number of aryl methyl sites for hydroxylation is 2. The molecule has 3 aromatic rings. The van der Waals surface area contributed by atoms with Gasteiger partial charge in [-0.1, -0.05) is 18.2 Å². The Hall–Kier alpha value is -3.46. The summed E-state index contributed by atoms with van der Waals surface area (Å²) in [7, 11) is -3.82. The van der Waals surface area contributed by atoms with Gasteiger partial charge in [0.1, 0.15) is 17.4 Å². The minimum absolute atomic E-state index is 0.0463. The first-order valence-corrected chi connectivity index (χ1v) is 10.2. The number of aromatic nitrogens is 2. The Kier molecular flexibility index (Phi) is 6.08. The maximum Gasteiger partial charge on any atom is 0.263 e. The highest BCUT2D eigenvalue weighted by Gasteiger charge is 2.16. The summed E-state index contributed by atoms with van der Waals surface area (Å²) in [5.41, 5.74) is 1.12. The summed E-state index contributed by atoms with van der Waals surface area (Å²) in [5.74, 6) is 0.906. The molecule has 0 radical (unpaired) electrons. The number of para-hydroxylation sites is 1. The van der Waals surface area contributed by atoms with Crippen molar-refractivity contribution >= 4 is 27.4 Å². The van der Waals surface area contributed by atoms with Crippen molar-refractivity contribution < 1.29 is 17.9 Å². The van der Waals surface area contributed by atoms with Crippen molar-refractivity contribution in [3.05, 3.63) is 72.2 Å². The van der Waals surface area contributed by atoms with Crippen LogP contribution >= 0.6 is 0 Å². The van der Waals surface area contributed by atoms with Crippen LogP contribution in [-0.2, 0) is 14.8 Å². The highest BCUT2D eigenvalue weighted by molar-refractivity contribution is 7.92. The molecular formula is C20H20N4O4S. The van der Waals surface area contributed by atoms with Gasteiger partial charge in [0.15, 0.2) is 6.61 Å². The number of amides is 1. The largest absolute Gasteiger partial charge is 0.484 e. The Morgan fingerprint density at radius 1 is 1.00 bits per heavy atom. The Morgan fingerprint density at radius 2 is 1.69 bits per heavy atom. The van der Waals surface area contributed by atoms with Crippen LogP contribution in [0.25, 0.3) is 0 Å². The number of ether oxygens (including phenoxy) is 1. The highest BCUT2D eigenvalue weighted by atomic mass is 32.2. The van der Waals surface area contributed by atoms with E-state index in [1.165, 1.54) is 24.3 Å². The van der Waals surface area contributed by atoms with E-state index in [-0.39, 0.29) is 23.2 Å². The minimum atomic E-state index is -3.82. The number of hydrogen-bond donors (Lipinski definition) is 2. The Morgan fingerprint density at radius 3 is 2.34 bits per heavy atom. The first kappa shape index (κ1) is 20.3. The molecule has 0 unspecified atom stereocenters. The molecule has 2 N–H and O–H groups in total. The number of benzene rings is 2. The molecule has 0 saturated heterocycles. The van der Waals surface area contributed by atoms with Crippen LogP contribution in [0.2, 0.25) is 0 Å². The molecule has 29 heavy (non-hydrogen) atoms. The van der Waals surface area contributed by atoms with Crippen molar-refractivity contribution in [1.29, 1.82) is 0 Å². The molecule has 0 atom stereocenters. The van der Waals surface area contributed by atoms with Crippen molar-refractivity contribution in [2.24, 2.45) is 0 Å². The zero-order valence-corrected chi connectivity index (χ0v) is 16.7. The first-order chi connectivity index (χ1) is 13.8. The van der Waals surface area contributed by atoms with Crippen molar-refractivity contribution in [2.45, 2.75) is 18.7 Å². The van der Waals surface area contributed by atoms with E-state index in [1.54, 1.807) is 32.0 Å². The molecule has 8 nitrogen and oxygen atoms in total. The van der Waals surface area contributed by atoms with Gasteiger partial charge in [0.2, 0.25) is 0 Å². The fourth-order valence-corrected chi connectivity index (χ4v) is 3.54. The summed E-state index contributed by atoms with van der Waals surface area (Å²) in [6.07, 6.45) is 0. The zero-order chi connectivity index (χ0) is 20.9. The van der Waals surface area contributed by atoms with E-state index < -0.39 is 10.0 Å². The molecule has 2 aromatic carbocycles. The number of sulfonamides is 1. The van der Waals surface area contributed by atoms with Gasteiger partial charge in [-0.05, 0) is 50.2 Å². The lowest BCUT2D eigenvalue weighted by Crippen LogP contribution is -2.20. The highest BCUT2D eigenvalue weighted by Crippen LogP contribution is 2.18. The summed E-state index contributed by atoms with van der Waals surface area (Å²) in [6.45, 7) is 3.28. The molecule has 0 fully saturated rings. The molecule has 1 aromatic heterocycles. The molecule has 9 heteroatoms. The normalized spacial score (nSPS) is 11.0. The molecule has 0 aliphatic heterocycles. The summed E-state index contributed by atoms with van der Waals surface area (Å²) in [6, 6.07) is 16.3. The van der Waals surface area contributed by atoms with Gasteiger partial charge in [-0.2, -0.15) is 0 Å². The summed E-state index contributed by atoms with van der Waals surface area (Å²) >= 11 is 0. The molecule has 3 rings (SSSR count). The van der Waals surface area contributed by atoms with Gasteiger partial charge in [-0.15, -0.1) is 0 Å². The third-order valence-electron chi connectivity index (χ3n) is 3.77. The molecule has 0 aliphatic rings. The third kappa shape index (κ3) is 5.76. The number of nitrogens with one attached hydrogen (secondary N) is 2. The number of carbonyl (C=O) groups excluding carboxylic acids is 1. The van der Waals surface area contributed by atoms with E-state index in [2.05, 4.69) is 20.0 Å². The van der Waals surface area contributed by atoms with Gasteiger partial charge in [-0.3, -0.25) is 9.52 Å². The van der Waals surface area contributed by atoms with E-state index in [1.807, 2.05) is 18.2 Å². The molecule has 150 valence electrons. The average molecular weight is 412 g/mol. The van der Waals surface area contributed by atoms with Crippen LogP contribution in [0.4, 0.5) is 11.5 Å². The Bertz CT molecular complexity index is 1080. The van der Waals surface area contributed by atoms with Crippen molar-refractivity contribution in [1.82, 2.24) is 9.97 Å². The Balaban J connectivity index is 1.62. The van der Waals surface area contributed by atoms with Gasteiger partial charge < -0.3 is 10.1 Å². The molecule has 0 bridgehead atoms. The first-order valence-electron chi connectivity index (χ1n) is 8.75. The zero-order valence-electron chi connectivity index (χ0n) is 15.9. The molecule has 0 spiro atoms. The predicted octanol–water partition coefficient (Wildman–Crippen LogP) is 2.91. The molecular weight excluding hydrogens is 392 g/mol. The second-order valence-corrected chi connectivity index (χ2v) is 7.90. The number of rotatable bonds is 7. The van der Waals surface area contributed by atoms with E-state index in [4.69, 9.17) is 4.74 Å². The maximum atomic E-state index is 12.5. The fraction of sp³-hybridized carbons (Fsp3) is 0.150. The van der Waals surface area contributed by atoms with Crippen molar-refractivity contribution in [3.8, 4) is 5.75 Å². The predicted molar refractivity (Wildman–Crippen MR) is 109 cm³/mol. The molecule has 1 amide bonds. The van der Waals surface area contributed by atoms with Gasteiger partial charge in [-0.25, -0.2) is 18.4 Å². The standard InChI is InChI=1S/C20H20N4O4S/c1-14-12-19(22-15(2)21-14)24-29(26,27)18-10-8-16(9-11-18)23-20(25)13-28-17-6-4-3-5-7-17/h3-12H,13H2,1-2H3,(H,23,25)(H,21,22,24). The van der Waals surface area contributed by atoms with Gasteiger partial charge in [0.25, 0.3) is 15.9 Å². The SMILES string of the molecule is Cc1cc(NS(=O)(=O)c2ccc(NC(=O)COc3ccccc3)cc2)nc(C)n1. The van der Waals surface area contributed by atoms with Crippen LogP contribution < -0.4 is 14.8 Å². The summed E-state index contributed by atoms with van der Waals surface area (Å²) in [4.78, 5) is 20.2. The molecule has 0 aliphatic carbocycles. The molecule has 1 heterocycles. The monoisotopic (exact) mass is 412 g/mol. The van der Waals surface area contributed by atoms with Gasteiger partial charge in [0.05, 0.1) is 4.90 Å². The minimum Gasteiger partial charge on any atom is -0.484 e. The van der Waals surface area contributed by atoms with Gasteiger partial charge in [0, 0.05) is 17.4 Å².